The molecule has 108 valence electrons. The monoisotopic (exact) mass is 283 g/mol. The first-order chi connectivity index (χ1) is 10.3. The molecule has 1 aliphatic carbocycles. The smallest absolute Gasteiger partial charge is 0.223 e. The Hall–Kier alpha value is -2.50. The lowest BCUT2D eigenvalue weighted by Crippen LogP contribution is -2.30. The quantitative estimate of drug-likeness (QED) is 0.866. The third-order valence-corrected chi connectivity index (χ3v) is 3.55. The van der Waals surface area contributed by atoms with Crippen LogP contribution in [0.2, 0.25) is 0 Å². The van der Waals surface area contributed by atoms with E-state index in [1.807, 2.05) is 18.3 Å². The summed E-state index contributed by atoms with van der Waals surface area (Å²) in [6.45, 7) is 0.407. The van der Waals surface area contributed by atoms with Crippen LogP contribution in [0.25, 0.3) is 5.69 Å². The van der Waals surface area contributed by atoms with Crippen molar-refractivity contribution in [1.82, 2.24) is 25.3 Å². The zero-order valence-corrected chi connectivity index (χ0v) is 11.6. The molecule has 0 saturated heterocycles. The van der Waals surface area contributed by atoms with Crippen molar-refractivity contribution in [2.45, 2.75) is 25.8 Å². The van der Waals surface area contributed by atoms with Crippen LogP contribution in [0.1, 0.15) is 25.0 Å². The standard InChI is InChI=1S/C15H17N5O/c21-15(12-4-2-1-3-5-12)17-10-13-11-20(19-18-13)14-6-8-16-9-7-14/h1-2,6-9,11-12H,3-5,10H2,(H,17,21). The number of pyridine rings is 1. The normalized spacial score (nSPS) is 17.6. The van der Waals surface area contributed by atoms with E-state index in [1.54, 1.807) is 17.1 Å². The summed E-state index contributed by atoms with van der Waals surface area (Å²) < 4.78 is 1.67. The van der Waals surface area contributed by atoms with Crippen LogP contribution in [0.15, 0.2) is 42.9 Å². The van der Waals surface area contributed by atoms with Crippen molar-refractivity contribution in [2.24, 2.45) is 5.92 Å². The first-order valence-electron chi connectivity index (χ1n) is 7.07. The Morgan fingerprint density at radius 1 is 1.33 bits per heavy atom. The van der Waals surface area contributed by atoms with Crippen molar-refractivity contribution in [3.05, 3.63) is 48.6 Å². The van der Waals surface area contributed by atoms with Crippen LogP contribution in [0.3, 0.4) is 0 Å². The first-order valence-corrected chi connectivity index (χ1v) is 7.07. The van der Waals surface area contributed by atoms with E-state index in [1.165, 1.54) is 0 Å². The third kappa shape index (κ3) is 3.34. The molecular formula is C15H17N5O. The topological polar surface area (TPSA) is 72.7 Å². The number of hydrogen-bond donors (Lipinski definition) is 1. The van der Waals surface area contributed by atoms with Gasteiger partial charge in [-0.2, -0.15) is 0 Å². The van der Waals surface area contributed by atoms with Crippen molar-refractivity contribution in [3.8, 4) is 5.69 Å². The predicted octanol–water partition coefficient (Wildman–Crippen LogP) is 1.63. The molecular weight excluding hydrogens is 266 g/mol. The molecule has 0 aliphatic heterocycles. The summed E-state index contributed by atoms with van der Waals surface area (Å²) >= 11 is 0. The number of carbonyl (C=O) groups excluding carboxylic acids is 1. The van der Waals surface area contributed by atoms with Crippen LogP contribution in [-0.4, -0.2) is 25.9 Å². The highest BCUT2D eigenvalue weighted by Gasteiger charge is 2.18. The number of hydrogen-bond acceptors (Lipinski definition) is 4. The molecule has 1 N–H and O–H groups in total. The van der Waals surface area contributed by atoms with E-state index in [9.17, 15) is 4.79 Å². The molecule has 0 bridgehead atoms. The van der Waals surface area contributed by atoms with Gasteiger partial charge in [-0.25, -0.2) is 4.68 Å². The van der Waals surface area contributed by atoms with Gasteiger partial charge in [-0.3, -0.25) is 9.78 Å². The molecule has 0 aromatic carbocycles. The van der Waals surface area contributed by atoms with Gasteiger partial charge in [0.1, 0.15) is 5.69 Å². The Morgan fingerprint density at radius 3 is 2.95 bits per heavy atom. The summed E-state index contributed by atoms with van der Waals surface area (Å²) in [6, 6.07) is 3.71. The maximum absolute atomic E-state index is 12.0. The van der Waals surface area contributed by atoms with Crippen molar-refractivity contribution in [3.63, 3.8) is 0 Å². The molecule has 1 atom stereocenters. The fourth-order valence-corrected chi connectivity index (χ4v) is 2.36. The van der Waals surface area contributed by atoms with E-state index >= 15 is 0 Å². The summed E-state index contributed by atoms with van der Waals surface area (Å²) in [5, 5.41) is 11.1. The average molecular weight is 283 g/mol. The molecule has 1 unspecified atom stereocenters. The lowest BCUT2D eigenvalue weighted by molar-refractivity contribution is -0.125. The molecule has 21 heavy (non-hydrogen) atoms. The van der Waals surface area contributed by atoms with Gasteiger partial charge in [0.15, 0.2) is 0 Å². The van der Waals surface area contributed by atoms with Gasteiger partial charge in [0.05, 0.1) is 18.4 Å². The second-order valence-electron chi connectivity index (χ2n) is 5.06. The highest BCUT2D eigenvalue weighted by atomic mass is 16.1. The zero-order valence-electron chi connectivity index (χ0n) is 11.6. The van der Waals surface area contributed by atoms with Crippen molar-refractivity contribution in [1.29, 1.82) is 0 Å². The SMILES string of the molecule is O=C(NCc1cn(-c2ccncc2)nn1)C1CC=CCC1. The molecule has 2 aromatic rings. The Labute approximate surface area is 122 Å². The molecule has 1 aliphatic rings. The molecule has 0 spiro atoms. The third-order valence-electron chi connectivity index (χ3n) is 3.55. The van der Waals surface area contributed by atoms with E-state index in [-0.39, 0.29) is 11.8 Å². The Kier molecular flexibility index (Phi) is 4.04. The number of rotatable bonds is 4. The fraction of sp³-hybridized carbons (Fsp3) is 0.333. The summed E-state index contributed by atoms with van der Waals surface area (Å²) in [4.78, 5) is 16.0. The van der Waals surface area contributed by atoms with Crippen LogP contribution >= 0.6 is 0 Å². The first kappa shape index (κ1) is 13.5. The van der Waals surface area contributed by atoms with Gasteiger partial charge in [0.25, 0.3) is 0 Å². The van der Waals surface area contributed by atoms with Crippen LogP contribution in [0, 0.1) is 5.92 Å². The zero-order chi connectivity index (χ0) is 14.5. The van der Waals surface area contributed by atoms with Crippen LogP contribution in [0.5, 0.6) is 0 Å². The van der Waals surface area contributed by atoms with Crippen molar-refractivity contribution >= 4 is 5.91 Å². The number of nitrogens with one attached hydrogen (secondary N) is 1. The minimum absolute atomic E-state index is 0.0882. The molecule has 3 rings (SSSR count). The number of aromatic nitrogens is 4. The largest absolute Gasteiger partial charge is 0.350 e. The number of allylic oxidation sites excluding steroid dienone is 2. The number of carbonyl (C=O) groups is 1. The highest BCUT2D eigenvalue weighted by molar-refractivity contribution is 5.78. The minimum Gasteiger partial charge on any atom is -0.350 e. The molecule has 0 fully saturated rings. The number of amides is 1. The minimum atomic E-state index is 0.0882. The predicted molar refractivity (Wildman–Crippen MR) is 77.5 cm³/mol. The lowest BCUT2D eigenvalue weighted by atomic mass is 9.94. The molecule has 0 radical (unpaired) electrons. The number of nitrogens with zero attached hydrogens (tertiary/aromatic N) is 4. The van der Waals surface area contributed by atoms with Crippen LogP contribution in [0.4, 0.5) is 0 Å². The molecule has 1 amide bonds. The molecule has 6 nitrogen and oxygen atoms in total. The molecule has 6 heteroatoms. The van der Waals surface area contributed by atoms with Gasteiger partial charge in [0, 0.05) is 18.3 Å². The Morgan fingerprint density at radius 2 is 2.19 bits per heavy atom. The van der Waals surface area contributed by atoms with E-state index in [4.69, 9.17) is 0 Å². The summed E-state index contributed by atoms with van der Waals surface area (Å²) in [5.74, 6) is 0.183. The maximum atomic E-state index is 12.0. The Balaban J connectivity index is 1.58. The van der Waals surface area contributed by atoms with Crippen molar-refractivity contribution in [2.75, 3.05) is 0 Å². The molecule has 2 aromatic heterocycles. The van der Waals surface area contributed by atoms with Crippen LogP contribution in [-0.2, 0) is 11.3 Å². The van der Waals surface area contributed by atoms with Gasteiger partial charge < -0.3 is 5.32 Å². The van der Waals surface area contributed by atoms with Crippen molar-refractivity contribution < 1.29 is 4.79 Å². The van der Waals surface area contributed by atoms with Gasteiger partial charge >= 0.3 is 0 Å². The van der Waals surface area contributed by atoms with E-state index in [2.05, 4.69) is 32.8 Å². The molecule has 2 heterocycles. The average Bonchev–Trinajstić information content (AvgIpc) is 3.03. The Bertz CT molecular complexity index is 635. The second-order valence-corrected chi connectivity index (χ2v) is 5.06. The second kappa shape index (κ2) is 6.30. The summed E-state index contributed by atoms with van der Waals surface area (Å²) in [7, 11) is 0. The van der Waals surface area contributed by atoms with Gasteiger partial charge in [-0.15, -0.1) is 5.10 Å². The van der Waals surface area contributed by atoms with E-state index in [0.717, 1.165) is 30.6 Å². The fourth-order valence-electron chi connectivity index (χ4n) is 2.36. The summed E-state index contributed by atoms with van der Waals surface area (Å²) in [5.41, 5.74) is 1.64. The van der Waals surface area contributed by atoms with E-state index < -0.39 is 0 Å². The van der Waals surface area contributed by atoms with Gasteiger partial charge in [-0.1, -0.05) is 17.4 Å². The van der Waals surface area contributed by atoms with E-state index in [0.29, 0.717) is 6.54 Å². The maximum Gasteiger partial charge on any atom is 0.223 e. The highest BCUT2D eigenvalue weighted by Crippen LogP contribution is 2.18. The van der Waals surface area contributed by atoms with Crippen LogP contribution < -0.4 is 5.32 Å². The molecule has 0 saturated carbocycles. The van der Waals surface area contributed by atoms with Gasteiger partial charge in [0.2, 0.25) is 5.91 Å². The lowest BCUT2D eigenvalue weighted by Gasteiger charge is -2.16. The summed E-state index contributed by atoms with van der Waals surface area (Å²) in [6.07, 6.45) is 12.2. The van der Waals surface area contributed by atoms with Gasteiger partial charge in [-0.05, 0) is 31.4 Å².